The number of nitrogens with zero attached hydrogens (tertiary/aromatic N) is 5. The molecular weight excluding hydrogens is 846 g/mol. The van der Waals surface area contributed by atoms with Crippen molar-refractivity contribution in [2.24, 2.45) is 0 Å². The molecule has 0 fully saturated rings. The van der Waals surface area contributed by atoms with Crippen molar-refractivity contribution in [3.05, 3.63) is 172 Å². The number of thiol groups is 5. The van der Waals surface area contributed by atoms with Gasteiger partial charge in [-0.2, -0.15) is 0 Å². The van der Waals surface area contributed by atoms with Crippen molar-refractivity contribution in [2.75, 3.05) is 0 Å². The second kappa shape index (κ2) is 30.9. The molecule has 0 N–H and O–H groups in total. The molecule has 25 heteroatoms. The van der Waals surface area contributed by atoms with Crippen LogP contribution in [0.2, 0.25) is 0 Å². The fraction of sp³-hybridized carbons (Fsp3) is 0. The molecule has 5 aromatic carbocycles. The van der Waals surface area contributed by atoms with Gasteiger partial charge in [-0.1, -0.05) is 30.3 Å². The molecule has 0 atom stereocenters. The number of hydrogen-bond acceptors (Lipinski definition) is 15. The van der Waals surface area contributed by atoms with Crippen molar-refractivity contribution in [1.29, 1.82) is 0 Å². The van der Waals surface area contributed by atoms with E-state index in [4.69, 9.17) is 0 Å². The Hall–Kier alpha value is -5.50. The average Bonchev–Trinajstić information content (AvgIpc) is 3.06. The van der Waals surface area contributed by atoms with Crippen LogP contribution in [-0.2, 0) is 0 Å². The van der Waals surface area contributed by atoms with Crippen LogP contribution in [0, 0.1) is 50.6 Å². The topological polar surface area (TPSA) is 216 Å². The van der Waals surface area contributed by atoms with Gasteiger partial charge in [-0.15, -0.1) is 63.1 Å². The summed E-state index contributed by atoms with van der Waals surface area (Å²) in [7, 11) is 0. The predicted molar refractivity (Wildman–Crippen MR) is 214 cm³/mol. The maximum atomic E-state index is 10.1. The Morgan fingerprint density at radius 3 is 0.491 bits per heavy atom. The fourth-order valence-electron chi connectivity index (χ4n) is 3.03. The molecule has 5 rings (SSSR count). The molecular formula is C30H30F5N5O10S5. The van der Waals surface area contributed by atoms with Crippen LogP contribution >= 0.6 is 63.1 Å². The van der Waals surface area contributed by atoms with Crippen molar-refractivity contribution in [2.45, 2.75) is 24.5 Å². The number of benzene rings is 5. The summed E-state index contributed by atoms with van der Waals surface area (Å²) >= 11 is 19.7. The summed E-state index contributed by atoms with van der Waals surface area (Å²) < 4.78 is 0. The molecule has 55 heavy (non-hydrogen) atoms. The van der Waals surface area contributed by atoms with Crippen LogP contribution in [0.1, 0.15) is 0 Å². The highest BCUT2D eigenvalue weighted by Gasteiger charge is 2.05. The van der Waals surface area contributed by atoms with E-state index >= 15 is 0 Å². The predicted octanol–water partition coefficient (Wildman–Crippen LogP) is 10.2. The summed E-state index contributed by atoms with van der Waals surface area (Å²) in [6, 6.07) is 30.6. The minimum atomic E-state index is -0.445. The Kier molecular flexibility index (Phi) is 33.0. The molecule has 0 saturated heterocycles. The first kappa shape index (κ1) is 58.8. The maximum absolute atomic E-state index is 10.1. The zero-order valence-electron chi connectivity index (χ0n) is 27.1. The lowest BCUT2D eigenvalue weighted by Crippen LogP contribution is -1.85. The van der Waals surface area contributed by atoms with E-state index in [1.807, 2.05) is 0 Å². The summed E-state index contributed by atoms with van der Waals surface area (Å²) in [5.74, 6) is 0. The van der Waals surface area contributed by atoms with Gasteiger partial charge in [-0.25, -0.2) is 0 Å². The molecule has 0 heterocycles. The Morgan fingerprint density at radius 2 is 0.418 bits per heavy atom. The van der Waals surface area contributed by atoms with E-state index in [2.05, 4.69) is 63.1 Å². The van der Waals surface area contributed by atoms with Crippen LogP contribution in [0.15, 0.2) is 146 Å². The number of nitro benzene ring substituents is 5. The normalized spacial score (nSPS) is 8.45. The van der Waals surface area contributed by atoms with Gasteiger partial charge in [0.15, 0.2) is 0 Å². The van der Waals surface area contributed by atoms with Crippen LogP contribution in [0.3, 0.4) is 0 Å². The minimum Gasteiger partial charge on any atom is -0.269 e. The monoisotopic (exact) mass is 875 g/mol. The number of halogens is 5. The van der Waals surface area contributed by atoms with Crippen molar-refractivity contribution in [1.82, 2.24) is 0 Å². The average molecular weight is 876 g/mol. The van der Waals surface area contributed by atoms with Gasteiger partial charge in [-0.3, -0.25) is 74.1 Å². The third kappa shape index (κ3) is 25.2. The molecule has 0 aromatic heterocycles. The third-order valence-corrected chi connectivity index (χ3v) is 6.59. The number of non-ortho nitro benzene ring substituents is 5. The largest absolute Gasteiger partial charge is 0.270 e. The summed E-state index contributed by atoms with van der Waals surface area (Å²) in [5, 5.41) is 50.6. The lowest BCUT2D eigenvalue weighted by molar-refractivity contribution is -0.385. The summed E-state index contributed by atoms with van der Waals surface area (Å²) in [4.78, 5) is 51.4. The van der Waals surface area contributed by atoms with Gasteiger partial charge in [0.05, 0.1) is 24.6 Å². The van der Waals surface area contributed by atoms with Crippen LogP contribution in [0.5, 0.6) is 0 Å². The van der Waals surface area contributed by atoms with E-state index in [0.717, 1.165) is 0 Å². The standard InChI is InChI=1S/5C6H5NO2S.5FH/c5*8-7(9)5-2-1-3-6(10)4-5;;;;;/h5*1-4,10H;5*1H. The first-order valence-corrected chi connectivity index (χ1v) is 15.4. The quantitative estimate of drug-likeness (QED) is 0.0487. The van der Waals surface area contributed by atoms with Gasteiger partial charge in [0.25, 0.3) is 28.4 Å². The Morgan fingerprint density at radius 1 is 0.291 bits per heavy atom. The van der Waals surface area contributed by atoms with Crippen LogP contribution in [-0.4, -0.2) is 24.6 Å². The Bertz CT molecular complexity index is 1650. The molecule has 0 aliphatic heterocycles. The van der Waals surface area contributed by atoms with Gasteiger partial charge >= 0.3 is 0 Å². The second-order valence-electron chi connectivity index (χ2n) is 8.88. The van der Waals surface area contributed by atoms with Gasteiger partial charge in [-0.05, 0) is 30.3 Å². The molecule has 0 unspecified atom stereocenters. The minimum absolute atomic E-state index is 0. The highest BCUT2D eigenvalue weighted by atomic mass is 32.1. The van der Waals surface area contributed by atoms with Gasteiger partial charge in [0, 0.05) is 85.1 Å². The summed E-state index contributed by atoms with van der Waals surface area (Å²) in [6.07, 6.45) is 0. The Balaban J connectivity index is -0.000000185. The lowest BCUT2D eigenvalue weighted by atomic mass is 10.3. The smallest absolute Gasteiger partial charge is 0.269 e. The van der Waals surface area contributed by atoms with Gasteiger partial charge in [0.2, 0.25) is 0 Å². The van der Waals surface area contributed by atoms with Crippen LogP contribution in [0.4, 0.5) is 52.0 Å². The van der Waals surface area contributed by atoms with Gasteiger partial charge in [0.1, 0.15) is 0 Å². The van der Waals surface area contributed by atoms with Crippen molar-refractivity contribution >= 4 is 91.6 Å². The van der Waals surface area contributed by atoms with E-state index in [0.29, 0.717) is 24.5 Å². The van der Waals surface area contributed by atoms with Gasteiger partial charge < -0.3 is 0 Å². The molecule has 0 radical (unpaired) electrons. The molecule has 0 aliphatic rings. The van der Waals surface area contributed by atoms with Crippen molar-refractivity contribution < 1.29 is 48.1 Å². The second-order valence-corrected chi connectivity index (χ2v) is 11.5. The number of rotatable bonds is 5. The molecule has 0 bridgehead atoms. The molecule has 5 aromatic rings. The molecule has 0 saturated carbocycles. The summed E-state index contributed by atoms with van der Waals surface area (Å²) in [6.45, 7) is 0. The fourth-order valence-corrected chi connectivity index (χ4v) is 4.12. The first-order valence-electron chi connectivity index (χ1n) is 13.2. The highest BCUT2D eigenvalue weighted by molar-refractivity contribution is 7.81. The molecule has 15 nitrogen and oxygen atoms in total. The first-order chi connectivity index (χ1) is 23.5. The van der Waals surface area contributed by atoms with E-state index in [9.17, 15) is 50.6 Å². The lowest BCUT2D eigenvalue weighted by Gasteiger charge is -1.90. The van der Waals surface area contributed by atoms with E-state index in [1.165, 1.54) is 60.7 Å². The van der Waals surface area contributed by atoms with Crippen LogP contribution < -0.4 is 0 Å². The molecule has 0 aliphatic carbocycles. The van der Waals surface area contributed by atoms with E-state index in [-0.39, 0.29) is 52.0 Å². The van der Waals surface area contributed by atoms with Crippen molar-refractivity contribution in [3.8, 4) is 0 Å². The van der Waals surface area contributed by atoms with E-state index in [1.54, 1.807) is 60.7 Å². The number of hydrogen-bond donors (Lipinski definition) is 5. The molecule has 0 spiro atoms. The molecule has 300 valence electrons. The van der Waals surface area contributed by atoms with Crippen LogP contribution in [0.25, 0.3) is 0 Å². The highest BCUT2D eigenvalue weighted by Crippen LogP contribution is 2.18. The van der Waals surface area contributed by atoms with Crippen molar-refractivity contribution in [3.63, 3.8) is 0 Å². The third-order valence-electron chi connectivity index (χ3n) is 5.20. The number of nitro groups is 5. The zero-order chi connectivity index (χ0) is 37.8. The summed E-state index contributed by atoms with van der Waals surface area (Å²) in [5.41, 5.74) is 0.382. The SMILES string of the molecule is F.F.F.F.F.O=[N+]([O-])c1cccc(S)c1.O=[N+]([O-])c1cccc(S)c1.O=[N+]([O-])c1cccc(S)c1.O=[N+]([O-])c1cccc(S)c1.O=[N+]([O-])c1cccc(S)c1. The molecule has 0 amide bonds. The maximum Gasteiger partial charge on any atom is 0.270 e. The Labute approximate surface area is 334 Å². The zero-order valence-corrected chi connectivity index (χ0v) is 31.6. The van der Waals surface area contributed by atoms with E-state index < -0.39 is 24.6 Å².